The van der Waals surface area contributed by atoms with Gasteiger partial charge in [0.25, 0.3) is 11.8 Å². The number of piperazine rings is 1. The first-order chi connectivity index (χ1) is 14.3. The molecule has 158 valence electrons. The van der Waals surface area contributed by atoms with E-state index in [1.165, 1.54) is 45.6 Å². The van der Waals surface area contributed by atoms with Crippen molar-refractivity contribution in [1.29, 1.82) is 0 Å². The van der Waals surface area contributed by atoms with Crippen molar-refractivity contribution in [3.8, 4) is 5.75 Å². The second-order valence-electron chi connectivity index (χ2n) is 7.08. The van der Waals surface area contributed by atoms with Gasteiger partial charge in [-0.3, -0.25) is 9.59 Å². The second kappa shape index (κ2) is 7.69. The molecule has 0 unspecified atom stereocenters. The smallest absolute Gasteiger partial charge is 0.265 e. The van der Waals surface area contributed by atoms with Crippen LogP contribution in [0.4, 0.5) is 10.1 Å². The third-order valence-electron chi connectivity index (χ3n) is 5.15. The molecule has 0 radical (unpaired) electrons. The van der Waals surface area contributed by atoms with E-state index < -0.39 is 27.9 Å². The van der Waals surface area contributed by atoms with E-state index in [1.54, 1.807) is 13.0 Å². The van der Waals surface area contributed by atoms with Gasteiger partial charge in [0.1, 0.15) is 11.6 Å². The maximum Gasteiger partial charge on any atom is 0.265 e. The molecule has 1 N–H and O–H groups in total. The first kappa shape index (κ1) is 20.3. The molecular weight excluding hydrogens is 413 g/mol. The zero-order valence-corrected chi connectivity index (χ0v) is 17.0. The SMILES string of the molecule is C[C@H]1Oc2ccc(S(=O)(=O)N3CCN(C(=O)c4ccccc4F)CC3)cc2NC1=O. The van der Waals surface area contributed by atoms with Crippen LogP contribution in [-0.2, 0) is 14.8 Å². The highest BCUT2D eigenvalue weighted by molar-refractivity contribution is 7.89. The van der Waals surface area contributed by atoms with Gasteiger partial charge in [-0.2, -0.15) is 4.31 Å². The molecule has 1 fully saturated rings. The lowest BCUT2D eigenvalue weighted by molar-refractivity contribution is -0.122. The van der Waals surface area contributed by atoms with Crippen LogP contribution in [0.2, 0.25) is 0 Å². The van der Waals surface area contributed by atoms with E-state index in [0.29, 0.717) is 11.4 Å². The summed E-state index contributed by atoms with van der Waals surface area (Å²) < 4.78 is 46.7. The van der Waals surface area contributed by atoms with Crippen LogP contribution in [0.25, 0.3) is 0 Å². The molecule has 0 spiro atoms. The lowest BCUT2D eigenvalue weighted by Gasteiger charge is -2.34. The number of anilines is 1. The van der Waals surface area contributed by atoms with Crippen molar-refractivity contribution in [1.82, 2.24) is 9.21 Å². The van der Waals surface area contributed by atoms with Crippen LogP contribution < -0.4 is 10.1 Å². The van der Waals surface area contributed by atoms with Crippen molar-refractivity contribution in [2.75, 3.05) is 31.5 Å². The molecule has 4 rings (SSSR count). The Hall–Kier alpha value is -2.98. The molecule has 1 saturated heterocycles. The normalized spacial score (nSPS) is 19.6. The summed E-state index contributed by atoms with van der Waals surface area (Å²) in [6.07, 6.45) is -0.653. The first-order valence-electron chi connectivity index (χ1n) is 9.43. The van der Waals surface area contributed by atoms with E-state index in [4.69, 9.17) is 4.74 Å². The van der Waals surface area contributed by atoms with Gasteiger partial charge in [0.15, 0.2) is 6.10 Å². The Labute approximate surface area is 173 Å². The van der Waals surface area contributed by atoms with Crippen molar-refractivity contribution in [2.45, 2.75) is 17.9 Å². The van der Waals surface area contributed by atoms with Gasteiger partial charge in [0.05, 0.1) is 16.1 Å². The predicted molar refractivity (Wildman–Crippen MR) is 106 cm³/mol. The number of nitrogens with zero attached hydrogens (tertiary/aromatic N) is 2. The molecule has 0 aliphatic carbocycles. The highest BCUT2D eigenvalue weighted by atomic mass is 32.2. The number of amides is 2. The van der Waals surface area contributed by atoms with Crippen LogP contribution in [0.3, 0.4) is 0 Å². The van der Waals surface area contributed by atoms with E-state index in [0.717, 1.165) is 0 Å². The number of halogens is 1. The summed E-state index contributed by atoms with van der Waals surface area (Å²) in [7, 11) is -3.83. The summed E-state index contributed by atoms with van der Waals surface area (Å²) >= 11 is 0. The molecule has 10 heteroatoms. The molecule has 2 aromatic rings. The van der Waals surface area contributed by atoms with Crippen molar-refractivity contribution in [3.63, 3.8) is 0 Å². The fourth-order valence-electron chi connectivity index (χ4n) is 3.43. The van der Waals surface area contributed by atoms with Crippen LogP contribution in [0.1, 0.15) is 17.3 Å². The zero-order valence-electron chi connectivity index (χ0n) is 16.2. The van der Waals surface area contributed by atoms with E-state index in [1.807, 2.05) is 0 Å². The molecule has 0 aromatic heterocycles. The number of sulfonamides is 1. The van der Waals surface area contributed by atoms with Crippen LogP contribution in [-0.4, -0.2) is 61.7 Å². The van der Waals surface area contributed by atoms with Gasteiger partial charge in [-0.1, -0.05) is 12.1 Å². The highest BCUT2D eigenvalue weighted by Gasteiger charge is 2.32. The van der Waals surface area contributed by atoms with Gasteiger partial charge in [0.2, 0.25) is 10.0 Å². The number of nitrogens with one attached hydrogen (secondary N) is 1. The zero-order chi connectivity index (χ0) is 21.5. The monoisotopic (exact) mass is 433 g/mol. The Balaban J connectivity index is 1.48. The number of fused-ring (bicyclic) bond motifs is 1. The maximum atomic E-state index is 13.9. The van der Waals surface area contributed by atoms with E-state index >= 15 is 0 Å². The molecule has 0 bridgehead atoms. The van der Waals surface area contributed by atoms with Crippen molar-refractivity contribution in [2.24, 2.45) is 0 Å². The first-order valence-corrected chi connectivity index (χ1v) is 10.9. The highest BCUT2D eigenvalue weighted by Crippen LogP contribution is 2.33. The fourth-order valence-corrected chi connectivity index (χ4v) is 4.88. The number of carbonyl (C=O) groups is 2. The number of carbonyl (C=O) groups excluding carboxylic acids is 2. The third kappa shape index (κ3) is 3.63. The summed E-state index contributed by atoms with van der Waals surface area (Å²) in [6, 6.07) is 10.0. The van der Waals surface area contributed by atoms with E-state index in [-0.39, 0.29) is 42.5 Å². The second-order valence-corrected chi connectivity index (χ2v) is 9.02. The minimum absolute atomic E-state index is 0.0218. The fraction of sp³-hybridized carbons (Fsp3) is 0.300. The van der Waals surface area contributed by atoms with Crippen LogP contribution >= 0.6 is 0 Å². The number of rotatable bonds is 3. The topological polar surface area (TPSA) is 96.0 Å². The largest absolute Gasteiger partial charge is 0.479 e. The quantitative estimate of drug-likeness (QED) is 0.795. The molecule has 2 amide bonds. The number of benzene rings is 2. The van der Waals surface area contributed by atoms with Crippen LogP contribution in [0.15, 0.2) is 47.4 Å². The van der Waals surface area contributed by atoms with Gasteiger partial charge >= 0.3 is 0 Å². The minimum Gasteiger partial charge on any atom is -0.479 e. The molecule has 2 aliphatic heterocycles. The number of hydrogen-bond acceptors (Lipinski definition) is 5. The van der Waals surface area contributed by atoms with E-state index in [2.05, 4.69) is 5.32 Å². The molecule has 1 atom stereocenters. The van der Waals surface area contributed by atoms with Gasteiger partial charge in [-0.25, -0.2) is 12.8 Å². The average Bonchev–Trinajstić information content (AvgIpc) is 2.74. The van der Waals surface area contributed by atoms with Crippen LogP contribution in [0.5, 0.6) is 5.75 Å². The summed E-state index contributed by atoms with van der Waals surface area (Å²) in [5.74, 6) is -1.02. The van der Waals surface area contributed by atoms with Crippen molar-refractivity contribution >= 4 is 27.5 Å². The standard InChI is InChI=1S/C20H20FN3O5S/c1-13-19(25)22-17-12-14(6-7-18(17)29-13)30(27,28)24-10-8-23(9-11-24)20(26)15-4-2-3-5-16(15)21/h2-7,12-13H,8-11H2,1H3,(H,22,25)/t13-/m1/s1. The Morgan fingerprint density at radius 1 is 1.13 bits per heavy atom. The third-order valence-corrected chi connectivity index (χ3v) is 7.04. The Kier molecular flexibility index (Phi) is 5.20. The molecule has 8 nitrogen and oxygen atoms in total. The Bertz CT molecular complexity index is 1110. The molecule has 0 saturated carbocycles. The lowest BCUT2D eigenvalue weighted by Crippen LogP contribution is -2.50. The Morgan fingerprint density at radius 2 is 1.83 bits per heavy atom. The number of ether oxygens (including phenoxy) is 1. The molecule has 2 heterocycles. The average molecular weight is 433 g/mol. The minimum atomic E-state index is -3.83. The van der Waals surface area contributed by atoms with Gasteiger partial charge in [-0.05, 0) is 37.3 Å². The van der Waals surface area contributed by atoms with Crippen LogP contribution in [0, 0.1) is 5.82 Å². The summed E-state index contributed by atoms with van der Waals surface area (Å²) in [5.41, 5.74) is 0.265. The number of hydrogen-bond donors (Lipinski definition) is 1. The molecule has 2 aromatic carbocycles. The van der Waals surface area contributed by atoms with Crippen molar-refractivity contribution in [3.05, 3.63) is 53.8 Å². The van der Waals surface area contributed by atoms with Gasteiger partial charge in [0, 0.05) is 26.2 Å². The van der Waals surface area contributed by atoms with Gasteiger partial charge in [-0.15, -0.1) is 0 Å². The lowest BCUT2D eigenvalue weighted by atomic mass is 10.1. The summed E-state index contributed by atoms with van der Waals surface area (Å²) in [4.78, 5) is 25.8. The van der Waals surface area contributed by atoms with Crippen molar-refractivity contribution < 1.29 is 27.1 Å². The molecular formula is C20H20FN3O5S. The molecule has 30 heavy (non-hydrogen) atoms. The molecule has 2 aliphatic rings. The van der Waals surface area contributed by atoms with Gasteiger partial charge < -0.3 is 15.0 Å². The Morgan fingerprint density at radius 3 is 2.53 bits per heavy atom. The summed E-state index contributed by atoms with van der Waals surface area (Å²) in [5, 5.41) is 2.64. The van der Waals surface area contributed by atoms with E-state index in [9.17, 15) is 22.4 Å². The maximum absolute atomic E-state index is 13.9. The summed E-state index contributed by atoms with van der Waals surface area (Å²) in [6.45, 7) is 2.06. The predicted octanol–water partition coefficient (Wildman–Crippen LogP) is 1.69.